The second-order valence-corrected chi connectivity index (χ2v) is 5.65. The van der Waals surface area contributed by atoms with Gasteiger partial charge in [-0.15, -0.1) is 11.3 Å². The summed E-state index contributed by atoms with van der Waals surface area (Å²) in [6, 6.07) is 10.4. The van der Waals surface area contributed by atoms with Crippen molar-refractivity contribution in [2.45, 2.75) is 6.42 Å². The third-order valence-corrected chi connectivity index (χ3v) is 4.23. The number of hydrogen-bond donors (Lipinski definition) is 1. The summed E-state index contributed by atoms with van der Waals surface area (Å²) >= 11 is 1.56. The number of halogens is 1. The highest BCUT2D eigenvalue weighted by molar-refractivity contribution is 7.15. The van der Waals surface area contributed by atoms with E-state index >= 15 is 0 Å². The molecular formula is C16H14FN3S. The van der Waals surface area contributed by atoms with Crippen LogP contribution in [0.4, 0.5) is 4.39 Å². The van der Waals surface area contributed by atoms with Gasteiger partial charge in [0.15, 0.2) is 0 Å². The van der Waals surface area contributed by atoms with Gasteiger partial charge in [-0.25, -0.2) is 9.37 Å². The summed E-state index contributed by atoms with van der Waals surface area (Å²) < 4.78 is 13.5. The Kier molecular flexibility index (Phi) is 4.03. The fourth-order valence-corrected chi connectivity index (χ4v) is 3.22. The smallest absolute Gasteiger partial charge is 0.123 e. The normalized spacial score (nSPS) is 10.8. The fraction of sp³-hybridized carbons (Fsp3) is 0.125. The Morgan fingerprint density at radius 3 is 2.62 bits per heavy atom. The van der Waals surface area contributed by atoms with Crippen molar-refractivity contribution in [2.75, 3.05) is 6.54 Å². The molecule has 3 aromatic rings. The van der Waals surface area contributed by atoms with E-state index in [1.165, 1.54) is 12.1 Å². The van der Waals surface area contributed by atoms with Gasteiger partial charge < -0.3 is 5.73 Å². The van der Waals surface area contributed by atoms with E-state index < -0.39 is 0 Å². The van der Waals surface area contributed by atoms with Crippen LogP contribution >= 0.6 is 11.3 Å². The van der Waals surface area contributed by atoms with Gasteiger partial charge in [0.25, 0.3) is 0 Å². The number of thiazole rings is 1. The molecule has 0 aliphatic rings. The summed E-state index contributed by atoms with van der Waals surface area (Å²) in [7, 11) is 0. The number of pyridine rings is 1. The number of rotatable bonds is 4. The van der Waals surface area contributed by atoms with E-state index in [0.717, 1.165) is 33.1 Å². The molecule has 0 aliphatic carbocycles. The predicted molar refractivity (Wildman–Crippen MR) is 83.5 cm³/mol. The summed E-state index contributed by atoms with van der Waals surface area (Å²) in [5.41, 5.74) is 8.29. The zero-order valence-corrected chi connectivity index (χ0v) is 12.1. The Hall–Kier alpha value is -2.11. The average molecular weight is 299 g/mol. The van der Waals surface area contributed by atoms with Crippen LogP contribution < -0.4 is 5.73 Å². The van der Waals surface area contributed by atoms with E-state index in [2.05, 4.69) is 9.97 Å². The standard InChI is InChI=1S/C16H14FN3S/c17-13-3-1-2-12(10-13)16-15(11-5-8-19-9-6-11)20-14(21-16)4-7-18/h1-3,5-6,8-10H,4,7,18H2. The van der Waals surface area contributed by atoms with Crippen molar-refractivity contribution in [1.29, 1.82) is 0 Å². The number of benzene rings is 1. The third-order valence-electron chi connectivity index (χ3n) is 3.07. The lowest BCUT2D eigenvalue weighted by molar-refractivity contribution is 0.628. The summed E-state index contributed by atoms with van der Waals surface area (Å²) in [5.74, 6) is -0.248. The Bertz CT molecular complexity index is 740. The number of hydrogen-bond acceptors (Lipinski definition) is 4. The summed E-state index contributed by atoms with van der Waals surface area (Å²) in [5, 5.41) is 0.962. The molecule has 3 nitrogen and oxygen atoms in total. The second-order valence-electron chi connectivity index (χ2n) is 4.57. The lowest BCUT2D eigenvalue weighted by Gasteiger charge is -2.02. The first-order valence-corrected chi connectivity index (χ1v) is 7.45. The molecular weight excluding hydrogens is 285 g/mol. The minimum atomic E-state index is -0.248. The van der Waals surface area contributed by atoms with Gasteiger partial charge in [-0.05, 0) is 36.4 Å². The largest absolute Gasteiger partial charge is 0.330 e. The number of nitrogens with two attached hydrogens (primary N) is 1. The highest BCUT2D eigenvalue weighted by Gasteiger charge is 2.15. The van der Waals surface area contributed by atoms with Crippen LogP contribution in [0.15, 0.2) is 48.8 Å². The van der Waals surface area contributed by atoms with Gasteiger partial charge in [0, 0.05) is 24.4 Å². The zero-order valence-electron chi connectivity index (χ0n) is 11.3. The van der Waals surface area contributed by atoms with E-state index in [-0.39, 0.29) is 5.82 Å². The molecule has 0 saturated heterocycles. The van der Waals surface area contributed by atoms with E-state index in [0.29, 0.717) is 6.54 Å². The van der Waals surface area contributed by atoms with Gasteiger partial charge in [0.2, 0.25) is 0 Å². The van der Waals surface area contributed by atoms with Gasteiger partial charge in [-0.3, -0.25) is 4.98 Å². The molecule has 0 fully saturated rings. The summed E-state index contributed by atoms with van der Waals surface area (Å²) in [4.78, 5) is 9.65. The van der Waals surface area contributed by atoms with Crippen LogP contribution in [0.1, 0.15) is 5.01 Å². The van der Waals surface area contributed by atoms with Crippen molar-refractivity contribution < 1.29 is 4.39 Å². The first-order valence-electron chi connectivity index (χ1n) is 6.64. The quantitative estimate of drug-likeness (QED) is 0.802. The van der Waals surface area contributed by atoms with Crippen LogP contribution in [0.5, 0.6) is 0 Å². The third kappa shape index (κ3) is 2.99. The van der Waals surface area contributed by atoms with Crippen molar-refractivity contribution in [2.24, 2.45) is 5.73 Å². The molecule has 0 amide bonds. The minimum absolute atomic E-state index is 0.248. The molecule has 0 bridgehead atoms. The SMILES string of the molecule is NCCc1nc(-c2ccncc2)c(-c2cccc(F)c2)s1. The van der Waals surface area contributed by atoms with Crippen molar-refractivity contribution in [1.82, 2.24) is 9.97 Å². The molecule has 0 atom stereocenters. The van der Waals surface area contributed by atoms with Gasteiger partial charge in [-0.1, -0.05) is 12.1 Å². The Morgan fingerprint density at radius 1 is 1.10 bits per heavy atom. The lowest BCUT2D eigenvalue weighted by Crippen LogP contribution is -2.01. The van der Waals surface area contributed by atoms with Crippen molar-refractivity contribution >= 4 is 11.3 Å². The molecule has 2 heterocycles. The number of aromatic nitrogens is 2. The van der Waals surface area contributed by atoms with Crippen LogP contribution in [-0.2, 0) is 6.42 Å². The van der Waals surface area contributed by atoms with Crippen molar-refractivity contribution in [3.8, 4) is 21.7 Å². The molecule has 3 rings (SSSR count). The maximum atomic E-state index is 13.5. The molecule has 0 unspecified atom stereocenters. The molecule has 21 heavy (non-hydrogen) atoms. The van der Waals surface area contributed by atoms with Gasteiger partial charge in [0.1, 0.15) is 5.82 Å². The zero-order chi connectivity index (χ0) is 14.7. The monoisotopic (exact) mass is 299 g/mol. The van der Waals surface area contributed by atoms with E-state index in [1.54, 1.807) is 29.8 Å². The topological polar surface area (TPSA) is 51.8 Å². The first kappa shape index (κ1) is 13.9. The highest BCUT2D eigenvalue weighted by Crippen LogP contribution is 2.36. The summed E-state index contributed by atoms with van der Waals surface area (Å²) in [6.07, 6.45) is 4.18. The fourth-order valence-electron chi connectivity index (χ4n) is 2.13. The predicted octanol–water partition coefficient (Wildman–Crippen LogP) is 3.51. The van der Waals surface area contributed by atoms with Crippen LogP contribution in [-0.4, -0.2) is 16.5 Å². The molecule has 0 saturated carbocycles. The van der Waals surface area contributed by atoms with Crippen molar-refractivity contribution in [3.63, 3.8) is 0 Å². The van der Waals surface area contributed by atoms with E-state index in [4.69, 9.17) is 5.73 Å². The number of nitrogens with zero attached hydrogens (tertiary/aromatic N) is 2. The minimum Gasteiger partial charge on any atom is -0.330 e. The lowest BCUT2D eigenvalue weighted by atomic mass is 10.1. The molecule has 2 aromatic heterocycles. The van der Waals surface area contributed by atoms with Crippen LogP contribution in [0, 0.1) is 5.82 Å². The molecule has 106 valence electrons. The molecule has 0 radical (unpaired) electrons. The molecule has 5 heteroatoms. The Morgan fingerprint density at radius 2 is 1.90 bits per heavy atom. The van der Waals surface area contributed by atoms with Gasteiger partial charge >= 0.3 is 0 Å². The molecule has 0 aliphatic heterocycles. The summed E-state index contributed by atoms with van der Waals surface area (Å²) in [6.45, 7) is 0.548. The second kappa shape index (κ2) is 6.11. The van der Waals surface area contributed by atoms with Gasteiger partial charge in [0.05, 0.1) is 15.6 Å². The highest BCUT2D eigenvalue weighted by atomic mass is 32.1. The average Bonchev–Trinajstić information content (AvgIpc) is 2.93. The maximum Gasteiger partial charge on any atom is 0.123 e. The molecule has 1 aromatic carbocycles. The van der Waals surface area contributed by atoms with E-state index in [9.17, 15) is 4.39 Å². The molecule has 2 N–H and O–H groups in total. The maximum absolute atomic E-state index is 13.5. The Labute approximate surface area is 126 Å². The van der Waals surface area contributed by atoms with Crippen LogP contribution in [0.3, 0.4) is 0 Å². The van der Waals surface area contributed by atoms with Crippen LogP contribution in [0.25, 0.3) is 21.7 Å². The van der Waals surface area contributed by atoms with Gasteiger partial charge in [-0.2, -0.15) is 0 Å². The van der Waals surface area contributed by atoms with Crippen LogP contribution in [0.2, 0.25) is 0 Å². The molecule has 0 spiro atoms. The van der Waals surface area contributed by atoms with Crippen molar-refractivity contribution in [3.05, 3.63) is 59.6 Å². The Balaban J connectivity index is 2.14. The first-order chi connectivity index (χ1) is 10.3. The van der Waals surface area contributed by atoms with E-state index in [1.807, 2.05) is 18.2 Å².